The standard InChI is InChI=1S/C23H20ClFN2O3/c24-20-2-1-10-26-23(20)30-19-9-11-27(13-19)21-8-5-16(12-17(21)14-28)22(29)15-3-6-18(25)7-4-15/h1-8,10,12,19,28H,9,11,13-14H2. The molecule has 154 valence electrons. The van der Waals surface area contributed by atoms with Gasteiger partial charge in [-0.15, -0.1) is 0 Å². The van der Waals surface area contributed by atoms with Gasteiger partial charge in [0.1, 0.15) is 16.9 Å². The molecule has 1 atom stereocenters. The average molecular weight is 427 g/mol. The normalized spacial score (nSPS) is 16.0. The second-order valence-corrected chi connectivity index (χ2v) is 7.51. The number of anilines is 1. The van der Waals surface area contributed by atoms with Crippen molar-refractivity contribution in [3.63, 3.8) is 0 Å². The molecule has 1 fully saturated rings. The molecule has 0 saturated carbocycles. The Bertz CT molecular complexity index is 1060. The summed E-state index contributed by atoms with van der Waals surface area (Å²) in [5.74, 6) is -0.201. The molecule has 0 amide bonds. The molecule has 2 heterocycles. The van der Waals surface area contributed by atoms with Crippen molar-refractivity contribution in [2.45, 2.75) is 19.1 Å². The predicted octanol–water partition coefficient (Wildman–Crippen LogP) is 4.26. The molecule has 1 aliphatic heterocycles. The van der Waals surface area contributed by atoms with Gasteiger partial charge in [0.15, 0.2) is 5.78 Å². The van der Waals surface area contributed by atoms with Crippen LogP contribution in [0.3, 0.4) is 0 Å². The lowest BCUT2D eigenvalue weighted by molar-refractivity contribution is 0.103. The van der Waals surface area contributed by atoms with Crippen molar-refractivity contribution in [2.24, 2.45) is 0 Å². The van der Waals surface area contributed by atoms with Crippen LogP contribution in [0.1, 0.15) is 27.9 Å². The molecule has 0 bridgehead atoms. The van der Waals surface area contributed by atoms with Gasteiger partial charge in [-0.05, 0) is 54.6 Å². The van der Waals surface area contributed by atoms with E-state index in [1.54, 1.807) is 30.5 Å². The van der Waals surface area contributed by atoms with Crippen LogP contribution in [0.5, 0.6) is 5.88 Å². The van der Waals surface area contributed by atoms with Gasteiger partial charge in [-0.3, -0.25) is 4.79 Å². The third-order valence-electron chi connectivity index (χ3n) is 5.11. The highest BCUT2D eigenvalue weighted by Gasteiger charge is 2.27. The Hall–Kier alpha value is -2.96. The number of carbonyl (C=O) groups is 1. The Kier molecular flexibility index (Phi) is 5.97. The van der Waals surface area contributed by atoms with Gasteiger partial charge in [0, 0.05) is 41.5 Å². The largest absolute Gasteiger partial charge is 0.471 e. The molecule has 1 aromatic heterocycles. The van der Waals surface area contributed by atoms with Crippen LogP contribution in [0.25, 0.3) is 0 Å². The van der Waals surface area contributed by atoms with Crippen molar-refractivity contribution >= 4 is 23.1 Å². The van der Waals surface area contributed by atoms with E-state index in [1.165, 1.54) is 24.3 Å². The van der Waals surface area contributed by atoms with E-state index >= 15 is 0 Å². The van der Waals surface area contributed by atoms with Crippen LogP contribution >= 0.6 is 11.6 Å². The van der Waals surface area contributed by atoms with E-state index < -0.39 is 5.82 Å². The number of benzene rings is 2. The lowest BCUT2D eigenvalue weighted by Crippen LogP contribution is -2.25. The van der Waals surface area contributed by atoms with Gasteiger partial charge in [0.2, 0.25) is 5.88 Å². The fraction of sp³-hybridized carbons (Fsp3) is 0.217. The van der Waals surface area contributed by atoms with E-state index in [-0.39, 0.29) is 18.5 Å². The fourth-order valence-corrected chi connectivity index (χ4v) is 3.75. The summed E-state index contributed by atoms with van der Waals surface area (Å²) in [4.78, 5) is 19.0. The van der Waals surface area contributed by atoms with E-state index in [2.05, 4.69) is 9.88 Å². The van der Waals surface area contributed by atoms with E-state index in [9.17, 15) is 14.3 Å². The minimum Gasteiger partial charge on any atom is -0.471 e. The molecule has 1 unspecified atom stereocenters. The van der Waals surface area contributed by atoms with Crippen LogP contribution in [0.15, 0.2) is 60.8 Å². The van der Waals surface area contributed by atoms with Crippen molar-refractivity contribution in [1.29, 1.82) is 0 Å². The number of hydrogen-bond acceptors (Lipinski definition) is 5. The van der Waals surface area contributed by atoms with Gasteiger partial charge in [-0.2, -0.15) is 0 Å². The first-order valence-corrected chi connectivity index (χ1v) is 9.99. The summed E-state index contributed by atoms with van der Waals surface area (Å²) in [6.45, 7) is 1.16. The highest BCUT2D eigenvalue weighted by Crippen LogP contribution is 2.29. The molecule has 3 aromatic rings. The van der Waals surface area contributed by atoms with Gasteiger partial charge >= 0.3 is 0 Å². The number of halogens is 2. The smallest absolute Gasteiger partial charge is 0.232 e. The summed E-state index contributed by atoms with van der Waals surface area (Å²) in [6.07, 6.45) is 2.34. The molecule has 4 rings (SSSR count). The molecule has 0 radical (unpaired) electrons. The molecular weight excluding hydrogens is 407 g/mol. The van der Waals surface area contributed by atoms with Crippen LogP contribution in [0.2, 0.25) is 5.02 Å². The number of rotatable bonds is 6. The number of carbonyl (C=O) groups excluding carboxylic acids is 1. The fourth-order valence-electron chi connectivity index (χ4n) is 3.59. The highest BCUT2D eigenvalue weighted by atomic mass is 35.5. The number of nitrogens with zero attached hydrogens (tertiary/aromatic N) is 2. The summed E-state index contributed by atoms with van der Waals surface area (Å²) < 4.78 is 19.0. The Labute approximate surface area is 178 Å². The molecule has 0 aliphatic carbocycles. The maximum atomic E-state index is 13.1. The number of aliphatic hydroxyl groups excluding tert-OH is 1. The molecule has 30 heavy (non-hydrogen) atoms. The van der Waals surface area contributed by atoms with Crippen molar-refractivity contribution in [1.82, 2.24) is 4.98 Å². The first-order valence-electron chi connectivity index (χ1n) is 9.61. The van der Waals surface area contributed by atoms with Crippen LogP contribution < -0.4 is 9.64 Å². The lowest BCUT2D eigenvalue weighted by atomic mass is 10.00. The highest BCUT2D eigenvalue weighted by molar-refractivity contribution is 6.31. The lowest BCUT2D eigenvalue weighted by Gasteiger charge is -2.22. The van der Waals surface area contributed by atoms with Gasteiger partial charge < -0.3 is 14.7 Å². The molecule has 1 N–H and O–H groups in total. The van der Waals surface area contributed by atoms with Crippen LogP contribution in [-0.4, -0.2) is 35.1 Å². The minimum absolute atomic E-state index is 0.0792. The molecule has 0 spiro atoms. The Morgan fingerprint density at radius 3 is 2.70 bits per heavy atom. The molecule has 2 aromatic carbocycles. The topological polar surface area (TPSA) is 62.7 Å². The number of aliphatic hydroxyl groups is 1. The number of ether oxygens (including phenoxy) is 1. The van der Waals surface area contributed by atoms with E-state index in [0.29, 0.717) is 34.1 Å². The second-order valence-electron chi connectivity index (χ2n) is 7.10. The first-order chi connectivity index (χ1) is 14.5. The summed E-state index contributed by atoms with van der Waals surface area (Å²) in [6, 6.07) is 14.1. The zero-order chi connectivity index (χ0) is 21.1. The summed E-state index contributed by atoms with van der Waals surface area (Å²) in [5.41, 5.74) is 2.35. The Morgan fingerprint density at radius 2 is 1.97 bits per heavy atom. The molecule has 1 aliphatic rings. The van der Waals surface area contributed by atoms with Crippen molar-refractivity contribution in [2.75, 3.05) is 18.0 Å². The minimum atomic E-state index is -0.393. The van der Waals surface area contributed by atoms with Gasteiger partial charge in [0.05, 0.1) is 13.2 Å². The van der Waals surface area contributed by atoms with Crippen molar-refractivity contribution < 1.29 is 19.0 Å². The summed E-state index contributed by atoms with van der Waals surface area (Å²) >= 11 is 6.12. The third kappa shape index (κ3) is 4.30. The summed E-state index contributed by atoms with van der Waals surface area (Å²) in [5, 5.41) is 10.4. The van der Waals surface area contributed by atoms with E-state index in [1.807, 2.05) is 6.07 Å². The molecule has 1 saturated heterocycles. The number of aromatic nitrogens is 1. The number of pyridine rings is 1. The van der Waals surface area contributed by atoms with E-state index in [4.69, 9.17) is 16.3 Å². The van der Waals surface area contributed by atoms with Crippen LogP contribution in [0.4, 0.5) is 10.1 Å². The molecule has 7 heteroatoms. The monoisotopic (exact) mass is 426 g/mol. The number of ketones is 1. The maximum absolute atomic E-state index is 13.1. The molecular formula is C23H20ClFN2O3. The average Bonchev–Trinajstić information content (AvgIpc) is 3.23. The quantitative estimate of drug-likeness (QED) is 0.597. The third-order valence-corrected chi connectivity index (χ3v) is 5.39. The SMILES string of the molecule is O=C(c1ccc(F)cc1)c1ccc(N2CCC(Oc3ncccc3Cl)C2)c(CO)c1. The Morgan fingerprint density at radius 1 is 1.20 bits per heavy atom. The maximum Gasteiger partial charge on any atom is 0.232 e. The summed E-state index contributed by atoms with van der Waals surface area (Å²) in [7, 11) is 0. The van der Waals surface area contributed by atoms with Gasteiger partial charge in [0.25, 0.3) is 0 Å². The van der Waals surface area contributed by atoms with Gasteiger partial charge in [-0.1, -0.05) is 11.6 Å². The van der Waals surface area contributed by atoms with Crippen LogP contribution in [-0.2, 0) is 6.61 Å². The van der Waals surface area contributed by atoms with Crippen molar-refractivity contribution in [3.8, 4) is 5.88 Å². The van der Waals surface area contributed by atoms with Crippen LogP contribution in [0, 0.1) is 5.82 Å². The molecule has 5 nitrogen and oxygen atoms in total. The number of hydrogen-bond donors (Lipinski definition) is 1. The Balaban J connectivity index is 1.50. The predicted molar refractivity (Wildman–Crippen MR) is 113 cm³/mol. The van der Waals surface area contributed by atoms with Gasteiger partial charge in [-0.25, -0.2) is 9.37 Å². The zero-order valence-corrected chi connectivity index (χ0v) is 16.8. The second kappa shape index (κ2) is 8.81. The van der Waals surface area contributed by atoms with Crippen molar-refractivity contribution in [3.05, 3.63) is 88.3 Å². The zero-order valence-electron chi connectivity index (χ0n) is 16.1. The first kappa shape index (κ1) is 20.3. The van der Waals surface area contributed by atoms with E-state index in [0.717, 1.165) is 18.7 Å².